The number of hydrogen-bond acceptors (Lipinski definition) is 1. The number of halogens is 4. The fourth-order valence-corrected chi connectivity index (χ4v) is 2.16. The first-order chi connectivity index (χ1) is 9.40. The number of carbonyl (C=O) groups excluding carboxylic acids is 1. The highest BCUT2D eigenvalue weighted by atomic mass is 79.9. The van der Waals surface area contributed by atoms with Crippen molar-refractivity contribution >= 4 is 27.5 Å². The first kappa shape index (κ1) is 14.6. The van der Waals surface area contributed by atoms with E-state index in [9.17, 15) is 18.0 Å². The molecule has 104 valence electrons. The maximum absolute atomic E-state index is 13.6. The topological polar surface area (TPSA) is 29.1 Å². The van der Waals surface area contributed by atoms with Crippen LogP contribution >= 0.6 is 15.9 Å². The molecule has 0 unspecified atom stereocenters. The van der Waals surface area contributed by atoms with E-state index in [0.29, 0.717) is 0 Å². The molecule has 0 aromatic heterocycles. The number of anilines is 1. The van der Waals surface area contributed by atoms with E-state index in [1.807, 2.05) is 0 Å². The number of carbonyl (C=O) groups is 1. The second-order valence-corrected chi connectivity index (χ2v) is 4.99. The molecule has 1 amide bonds. The monoisotopic (exact) mass is 343 g/mol. The van der Waals surface area contributed by atoms with Crippen molar-refractivity contribution in [1.82, 2.24) is 0 Å². The Morgan fingerprint density at radius 3 is 2.45 bits per heavy atom. The fourth-order valence-electron chi connectivity index (χ4n) is 1.64. The minimum absolute atomic E-state index is 0.118. The van der Waals surface area contributed by atoms with Gasteiger partial charge in [0.2, 0.25) is 0 Å². The van der Waals surface area contributed by atoms with Gasteiger partial charge in [-0.25, -0.2) is 13.2 Å². The largest absolute Gasteiger partial charge is 0.319 e. The van der Waals surface area contributed by atoms with Crippen LogP contribution in [0.2, 0.25) is 0 Å². The van der Waals surface area contributed by atoms with Crippen LogP contribution in [0.25, 0.3) is 0 Å². The lowest BCUT2D eigenvalue weighted by Crippen LogP contribution is -2.15. The summed E-state index contributed by atoms with van der Waals surface area (Å²) in [4.78, 5) is 11.9. The Kier molecular flexibility index (Phi) is 4.13. The van der Waals surface area contributed by atoms with Gasteiger partial charge in [-0.2, -0.15) is 0 Å². The van der Waals surface area contributed by atoms with Gasteiger partial charge in [0, 0.05) is 10.5 Å². The van der Waals surface area contributed by atoms with Gasteiger partial charge in [-0.1, -0.05) is 6.07 Å². The Bertz CT molecular complexity index is 668. The predicted octanol–water partition coefficient (Wildman–Crippen LogP) is 4.43. The third kappa shape index (κ3) is 2.85. The molecule has 2 aromatic carbocycles. The van der Waals surface area contributed by atoms with Crippen LogP contribution in [0.3, 0.4) is 0 Å². The van der Waals surface area contributed by atoms with Crippen molar-refractivity contribution < 1.29 is 18.0 Å². The Hall–Kier alpha value is -1.82. The molecule has 0 aliphatic carbocycles. The molecule has 0 atom stereocenters. The van der Waals surface area contributed by atoms with E-state index >= 15 is 0 Å². The molecular formula is C14H9BrF3NO. The van der Waals surface area contributed by atoms with Gasteiger partial charge in [0.1, 0.15) is 17.5 Å². The van der Waals surface area contributed by atoms with Gasteiger partial charge in [-0.05, 0) is 46.6 Å². The average Bonchev–Trinajstić information content (AvgIpc) is 2.35. The normalized spacial score (nSPS) is 10.4. The maximum atomic E-state index is 13.6. The molecule has 0 aliphatic heterocycles. The number of hydrogen-bond donors (Lipinski definition) is 1. The van der Waals surface area contributed by atoms with Crippen molar-refractivity contribution in [3.63, 3.8) is 0 Å². The SMILES string of the molecule is Cc1cc(F)c(NC(=O)c2c(F)cccc2Br)cc1F. The highest BCUT2D eigenvalue weighted by molar-refractivity contribution is 9.10. The molecule has 0 heterocycles. The van der Waals surface area contributed by atoms with Crippen molar-refractivity contribution in [3.8, 4) is 0 Å². The van der Waals surface area contributed by atoms with Gasteiger partial charge in [0.15, 0.2) is 0 Å². The molecule has 2 rings (SSSR count). The molecule has 0 saturated heterocycles. The van der Waals surface area contributed by atoms with Crippen molar-refractivity contribution in [3.05, 3.63) is 63.4 Å². The number of rotatable bonds is 2. The van der Waals surface area contributed by atoms with Gasteiger partial charge in [-0.3, -0.25) is 4.79 Å². The number of nitrogens with one attached hydrogen (secondary N) is 1. The molecule has 0 radical (unpaired) electrons. The smallest absolute Gasteiger partial charge is 0.259 e. The summed E-state index contributed by atoms with van der Waals surface area (Å²) < 4.78 is 40.8. The van der Waals surface area contributed by atoms with Crippen LogP contribution in [0.15, 0.2) is 34.8 Å². The third-order valence-electron chi connectivity index (χ3n) is 2.69. The van der Waals surface area contributed by atoms with Crippen LogP contribution in [0, 0.1) is 24.4 Å². The van der Waals surface area contributed by atoms with Crippen LogP contribution in [-0.4, -0.2) is 5.91 Å². The lowest BCUT2D eigenvalue weighted by Gasteiger charge is -2.09. The molecule has 20 heavy (non-hydrogen) atoms. The van der Waals surface area contributed by atoms with Crippen LogP contribution in [0.5, 0.6) is 0 Å². The maximum Gasteiger partial charge on any atom is 0.259 e. The molecule has 1 N–H and O–H groups in total. The number of amides is 1. The Labute approximate surface area is 121 Å². The Morgan fingerprint density at radius 2 is 1.80 bits per heavy atom. The van der Waals surface area contributed by atoms with E-state index in [2.05, 4.69) is 21.2 Å². The summed E-state index contributed by atoms with van der Waals surface area (Å²) in [5.74, 6) is -3.07. The van der Waals surface area contributed by atoms with E-state index < -0.39 is 23.4 Å². The van der Waals surface area contributed by atoms with Crippen molar-refractivity contribution in [2.45, 2.75) is 6.92 Å². The quantitative estimate of drug-likeness (QED) is 0.858. The minimum Gasteiger partial charge on any atom is -0.319 e. The molecular weight excluding hydrogens is 335 g/mol. The zero-order valence-corrected chi connectivity index (χ0v) is 11.9. The fraction of sp³-hybridized carbons (Fsp3) is 0.0714. The summed E-state index contributed by atoms with van der Waals surface area (Å²) >= 11 is 3.04. The lowest BCUT2D eigenvalue weighted by atomic mass is 10.1. The first-order valence-electron chi connectivity index (χ1n) is 5.61. The first-order valence-corrected chi connectivity index (χ1v) is 6.40. The van der Waals surface area contributed by atoms with Gasteiger partial charge < -0.3 is 5.32 Å². The molecule has 0 fully saturated rings. The molecule has 0 aliphatic rings. The zero-order chi connectivity index (χ0) is 14.9. The highest BCUT2D eigenvalue weighted by Gasteiger charge is 2.17. The summed E-state index contributed by atoms with van der Waals surface area (Å²) in [6.45, 7) is 1.40. The van der Waals surface area contributed by atoms with E-state index in [1.54, 1.807) is 0 Å². The predicted molar refractivity (Wildman–Crippen MR) is 73.1 cm³/mol. The average molecular weight is 344 g/mol. The Morgan fingerprint density at radius 1 is 1.10 bits per heavy atom. The summed E-state index contributed by atoms with van der Waals surface area (Å²) in [5, 5.41) is 2.15. The molecule has 0 spiro atoms. The van der Waals surface area contributed by atoms with Gasteiger partial charge in [0.05, 0.1) is 11.3 Å². The molecule has 2 nitrogen and oxygen atoms in total. The van der Waals surface area contributed by atoms with Crippen LogP contribution in [-0.2, 0) is 0 Å². The molecule has 2 aromatic rings. The standard InChI is InChI=1S/C14H9BrF3NO/c1-7-5-11(18)12(6-10(7)17)19-14(20)13-8(15)3-2-4-9(13)16/h2-6H,1H3,(H,19,20). The number of aryl methyl sites for hydroxylation is 1. The summed E-state index contributed by atoms with van der Waals surface area (Å²) in [6, 6.07) is 5.82. The van der Waals surface area contributed by atoms with Crippen LogP contribution < -0.4 is 5.32 Å². The van der Waals surface area contributed by atoms with Crippen molar-refractivity contribution in [2.75, 3.05) is 5.32 Å². The molecule has 6 heteroatoms. The third-order valence-corrected chi connectivity index (χ3v) is 3.35. The molecule has 0 bridgehead atoms. The molecule has 0 saturated carbocycles. The minimum atomic E-state index is -0.864. The van der Waals surface area contributed by atoms with Crippen molar-refractivity contribution in [1.29, 1.82) is 0 Å². The zero-order valence-electron chi connectivity index (χ0n) is 10.3. The number of benzene rings is 2. The van der Waals surface area contributed by atoms with Gasteiger partial charge in [-0.15, -0.1) is 0 Å². The summed E-state index contributed by atoms with van der Waals surface area (Å²) in [6.07, 6.45) is 0. The van der Waals surface area contributed by atoms with Gasteiger partial charge in [0.25, 0.3) is 5.91 Å². The van der Waals surface area contributed by atoms with Crippen LogP contribution in [0.4, 0.5) is 18.9 Å². The van der Waals surface area contributed by atoms with E-state index in [4.69, 9.17) is 0 Å². The Balaban J connectivity index is 2.35. The summed E-state index contributed by atoms with van der Waals surface area (Å²) in [5.41, 5.74) is -0.492. The second-order valence-electron chi connectivity index (χ2n) is 4.13. The van der Waals surface area contributed by atoms with Crippen LogP contribution in [0.1, 0.15) is 15.9 Å². The lowest BCUT2D eigenvalue weighted by molar-refractivity contribution is 0.102. The van der Waals surface area contributed by atoms with Gasteiger partial charge >= 0.3 is 0 Å². The highest BCUT2D eigenvalue weighted by Crippen LogP contribution is 2.23. The second kappa shape index (κ2) is 5.66. The van der Waals surface area contributed by atoms with Crippen molar-refractivity contribution in [2.24, 2.45) is 0 Å². The van der Waals surface area contributed by atoms with E-state index in [1.165, 1.54) is 19.1 Å². The van der Waals surface area contributed by atoms with E-state index in [-0.39, 0.29) is 21.3 Å². The summed E-state index contributed by atoms with van der Waals surface area (Å²) in [7, 11) is 0. The van der Waals surface area contributed by atoms with E-state index in [0.717, 1.165) is 18.2 Å².